The third-order valence-electron chi connectivity index (χ3n) is 3.92. The highest BCUT2D eigenvalue weighted by molar-refractivity contribution is 6.30. The van der Waals surface area contributed by atoms with Crippen molar-refractivity contribution < 1.29 is 14.6 Å². The SMILES string of the molecule is CN1C(=O)C(OOC(C)(C)C)(c2ccc(Cl)cc2)c2ccccc21. The van der Waals surface area contributed by atoms with Gasteiger partial charge in [0.05, 0.1) is 11.3 Å². The van der Waals surface area contributed by atoms with Crippen LogP contribution < -0.4 is 4.90 Å². The van der Waals surface area contributed by atoms with Crippen molar-refractivity contribution in [1.29, 1.82) is 0 Å². The summed E-state index contributed by atoms with van der Waals surface area (Å²) >= 11 is 6.01. The van der Waals surface area contributed by atoms with Crippen LogP contribution in [0, 0.1) is 0 Å². The van der Waals surface area contributed by atoms with Gasteiger partial charge < -0.3 is 4.90 Å². The fourth-order valence-corrected chi connectivity index (χ4v) is 2.93. The lowest BCUT2D eigenvalue weighted by molar-refractivity contribution is -0.388. The number of nitrogens with zero attached hydrogens (tertiary/aromatic N) is 1. The maximum Gasteiger partial charge on any atom is 0.271 e. The van der Waals surface area contributed by atoms with Crippen LogP contribution in [0.4, 0.5) is 5.69 Å². The van der Waals surface area contributed by atoms with Gasteiger partial charge in [-0.25, -0.2) is 9.78 Å². The summed E-state index contributed by atoms with van der Waals surface area (Å²) in [5.41, 5.74) is 0.330. The number of benzene rings is 2. The lowest BCUT2D eigenvalue weighted by atomic mass is 9.87. The van der Waals surface area contributed by atoms with Gasteiger partial charge in [0.15, 0.2) is 0 Å². The first-order valence-electron chi connectivity index (χ1n) is 7.76. The van der Waals surface area contributed by atoms with Crippen molar-refractivity contribution in [3.63, 3.8) is 0 Å². The molecule has 2 aromatic carbocycles. The van der Waals surface area contributed by atoms with Gasteiger partial charge in [0, 0.05) is 23.2 Å². The van der Waals surface area contributed by atoms with Crippen molar-refractivity contribution in [2.45, 2.75) is 32.0 Å². The molecule has 126 valence electrons. The molecule has 2 aromatic rings. The number of halogens is 1. The molecule has 0 fully saturated rings. The van der Waals surface area contributed by atoms with Crippen molar-refractivity contribution in [2.75, 3.05) is 11.9 Å². The molecule has 3 rings (SSSR count). The molecule has 1 heterocycles. The predicted molar refractivity (Wildman–Crippen MR) is 94.0 cm³/mol. The second-order valence-electron chi connectivity index (χ2n) is 6.85. The number of para-hydroxylation sites is 1. The summed E-state index contributed by atoms with van der Waals surface area (Å²) in [6.07, 6.45) is 0. The first-order chi connectivity index (χ1) is 11.3. The minimum Gasteiger partial charge on any atom is -0.312 e. The summed E-state index contributed by atoms with van der Waals surface area (Å²) in [4.78, 5) is 26.2. The van der Waals surface area contributed by atoms with Crippen molar-refractivity contribution in [3.8, 4) is 0 Å². The zero-order chi connectivity index (χ0) is 17.5. The number of fused-ring (bicyclic) bond motifs is 1. The zero-order valence-corrected chi connectivity index (χ0v) is 14.9. The van der Waals surface area contributed by atoms with Gasteiger partial charge in [0.2, 0.25) is 5.60 Å². The highest BCUT2D eigenvalue weighted by Crippen LogP contribution is 2.47. The van der Waals surface area contributed by atoms with Gasteiger partial charge in [0.1, 0.15) is 0 Å². The maximum absolute atomic E-state index is 13.2. The van der Waals surface area contributed by atoms with Crippen LogP contribution in [-0.2, 0) is 20.2 Å². The number of hydrogen-bond donors (Lipinski definition) is 0. The number of carbonyl (C=O) groups excluding carboxylic acids is 1. The van der Waals surface area contributed by atoms with E-state index in [4.69, 9.17) is 21.4 Å². The molecule has 4 nitrogen and oxygen atoms in total. The summed E-state index contributed by atoms with van der Waals surface area (Å²) in [5.74, 6) is -0.199. The maximum atomic E-state index is 13.2. The lowest BCUT2D eigenvalue weighted by Gasteiger charge is -2.31. The number of amides is 1. The summed E-state index contributed by atoms with van der Waals surface area (Å²) < 4.78 is 0. The van der Waals surface area contributed by atoms with Crippen LogP contribution in [-0.4, -0.2) is 18.6 Å². The number of anilines is 1. The molecule has 0 N–H and O–H groups in total. The number of rotatable bonds is 3. The molecule has 0 radical (unpaired) electrons. The number of likely N-dealkylation sites (N-methyl/N-ethyl adjacent to an activating group) is 1. The average molecular weight is 346 g/mol. The Kier molecular flexibility index (Phi) is 4.16. The van der Waals surface area contributed by atoms with Crippen molar-refractivity contribution >= 4 is 23.2 Å². The van der Waals surface area contributed by atoms with E-state index in [2.05, 4.69) is 0 Å². The molecule has 1 aliphatic heterocycles. The first kappa shape index (κ1) is 17.0. The van der Waals surface area contributed by atoms with Gasteiger partial charge in [-0.1, -0.05) is 41.9 Å². The van der Waals surface area contributed by atoms with Gasteiger partial charge in [-0.2, -0.15) is 0 Å². The van der Waals surface area contributed by atoms with Gasteiger partial charge in [0.25, 0.3) is 5.91 Å². The Labute approximate surface area is 146 Å². The van der Waals surface area contributed by atoms with Crippen molar-refractivity contribution in [3.05, 3.63) is 64.7 Å². The van der Waals surface area contributed by atoms with Crippen LogP contribution in [0.1, 0.15) is 31.9 Å². The van der Waals surface area contributed by atoms with Gasteiger partial charge in [-0.15, -0.1) is 0 Å². The van der Waals surface area contributed by atoms with Crippen LogP contribution >= 0.6 is 11.6 Å². The van der Waals surface area contributed by atoms with E-state index in [0.717, 1.165) is 11.3 Å². The molecule has 1 amide bonds. The lowest BCUT2D eigenvalue weighted by Crippen LogP contribution is -2.43. The van der Waals surface area contributed by atoms with E-state index >= 15 is 0 Å². The van der Waals surface area contributed by atoms with Crippen LogP contribution in [0.3, 0.4) is 0 Å². The summed E-state index contributed by atoms with van der Waals surface area (Å²) in [7, 11) is 1.74. The Balaban J connectivity index is 2.19. The summed E-state index contributed by atoms with van der Waals surface area (Å²) in [6, 6.07) is 14.6. The van der Waals surface area contributed by atoms with Crippen LogP contribution in [0.15, 0.2) is 48.5 Å². The van der Waals surface area contributed by atoms with Crippen LogP contribution in [0.5, 0.6) is 0 Å². The van der Waals surface area contributed by atoms with E-state index in [9.17, 15) is 4.79 Å². The Bertz CT molecular complexity index is 767. The smallest absolute Gasteiger partial charge is 0.271 e. The minimum absolute atomic E-state index is 0.199. The fourth-order valence-electron chi connectivity index (χ4n) is 2.80. The topological polar surface area (TPSA) is 38.8 Å². The van der Waals surface area contributed by atoms with Gasteiger partial charge in [-0.3, -0.25) is 4.79 Å². The van der Waals surface area contributed by atoms with Crippen LogP contribution in [0.2, 0.25) is 5.02 Å². The van der Waals surface area contributed by atoms with E-state index in [1.807, 2.05) is 45.0 Å². The molecular weight excluding hydrogens is 326 g/mol. The van der Waals surface area contributed by atoms with Gasteiger partial charge in [-0.05, 0) is 39.0 Å². The zero-order valence-electron chi connectivity index (χ0n) is 14.2. The van der Waals surface area contributed by atoms with E-state index in [1.54, 1.807) is 36.2 Å². The molecule has 5 heteroatoms. The molecule has 0 aliphatic carbocycles. The molecule has 1 aliphatic rings. The predicted octanol–water partition coefficient (Wildman–Crippen LogP) is 4.31. The fraction of sp³-hybridized carbons (Fsp3) is 0.316. The largest absolute Gasteiger partial charge is 0.312 e. The third kappa shape index (κ3) is 2.71. The van der Waals surface area contributed by atoms with E-state index in [1.165, 1.54) is 0 Å². The Morgan fingerprint density at radius 3 is 2.29 bits per heavy atom. The van der Waals surface area contributed by atoms with Crippen molar-refractivity contribution in [2.24, 2.45) is 0 Å². The van der Waals surface area contributed by atoms with Gasteiger partial charge >= 0.3 is 0 Å². The quantitative estimate of drug-likeness (QED) is 0.614. The molecule has 0 aromatic heterocycles. The van der Waals surface area contributed by atoms with E-state index in [-0.39, 0.29) is 5.91 Å². The number of hydrogen-bond acceptors (Lipinski definition) is 3. The number of carbonyl (C=O) groups is 1. The summed E-state index contributed by atoms with van der Waals surface area (Å²) in [5, 5.41) is 0.595. The Morgan fingerprint density at radius 2 is 1.67 bits per heavy atom. The molecule has 0 saturated heterocycles. The molecule has 1 unspecified atom stereocenters. The molecular formula is C19H20ClNO3. The highest BCUT2D eigenvalue weighted by atomic mass is 35.5. The standard InChI is InChI=1S/C19H20ClNO3/c1-18(2,3)23-24-19(13-9-11-14(20)12-10-13)15-7-5-6-8-16(15)21(4)17(19)22/h5-12H,1-4H3. The monoisotopic (exact) mass is 345 g/mol. The normalized spacial score (nSPS) is 20.4. The van der Waals surface area contributed by atoms with E-state index < -0.39 is 11.2 Å². The molecule has 1 atom stereocenters. The first-order valence-corrected chi connectivity index (χ1v) is 8.14. The molecule has 24 heavy (non-hydrogen) atoms. The van der Waals surface area contributed by atoms with Crippen LogP contribution in [0.25, 0.3) is 0 Å². The molecule has 0 spiro atoms. The van der Waals surface area contributed by atoms with Crippen molar-refractivity contribution in [1.82, 2.24) is 0 Å². The summed E-state index contributed by atoms with van der Waals surface area (Å²) in [6.45, 7) is 5.62. The second-order valence-corrected chi connectivity index (χ2v) is 7.28. The average Bonchev–Trinajstić information content (AvgIpc) is 2.76. The highest BCUT2D eigenvalue weighted by Gasteiger charge is 2.54. The molecule has 0 saturated carbocycles. The Hall–Kier alpha value is -1.88. The third-order valence-corrected chi connectivity index (χ3v) is 4.17. The minimum atomic E-state index is -1.34. The molecule has 0 bridgehead atoms. The van der Waals surface area contributed by atoms with E-state index in [0.29, 0.717) is 10.6 Å². The second kappa shape index (κ2) is 5.88. The Morgan fingerprint density at radius 1 is 1.04 bits per heavy atom.